The molecule has 4 fully saturated rings. The van der Waals surface area contributed by atoms with Crippen LogP contribution in [0.15, 0.2) is 0 Å². The third-order valence-electron chi connectivity index (χ3n) is 5.73. The maximum Gasteiger partial charge on any atom is 0.175 e. The van der Waals surface area contributed by atoms with Crippen LogP contribution in [0.1, 0.15) is 0 Å². The Balaban J connectivity index is 1.28. The van der Waals surface area contributed by atoms with Gasteiger partial charge in [-0.1, -0.05) is 0 Å². The summed E-state index contributed by atoms with van der Waals surface area (Å²) in [5.41, 5.74) is -0.213. The fraction of sp³-hybridized carbons (Fsp3) is 1.00. The molecular weight excluding hydrogens is 328 g/mol. The number of nitrogens with zero attached hydrogens (tertiary/aromatic N) is 2. The molecule has 8 nitrogen and oxygen atoms in total. The first kappa shape index (κ1) is 18.1. The predicted molar refractivity (Wildman–Crippen MR) is 88.3 cm³/mol. The van der Waals surface area contributed by atoms with Crippen molar-refractivity contribution < 1.29 is 28.4 Å². The van der Waals surface area contributed by atoms with Crippen molar-refractivity contribution in [2.45, 2.75) is 24.7 Å². The summed E-state index contributed by atoms with van der Waals surface area (Å²) in [5, 5.41) is 0. The molecule has 4 aliphatic rings. The lowest BCUT2D eigenvalue weighted by Gasteiger charge is -2.48. The fourth-order valence-electron chi connectivity index (χ4n) is 3.81. The predicted octanol–water partition coefficient (Wildman–Crippen LogP) is -0.620. The van der Waals surface area contributed by atoms with Crippen LogP contribution in [0.5, 0.6) is 0 Å². The maximum absolute atomic E-state index is 6.04. The molecule has 0 aromatic rings. The number of rotatable bonds is 2. The molecule has 8 heteroatoms. The van der Waals surface area contributed by atoms with Crippen LogP contribution in [-0.4, -0.2) is 115 Å². The van der Waals surface area contributed by atoms with E-state index in [9.17, 15) is 0 Å². The molecular formula is C17H30N2O6. The Morgan fingerprint density at radius 3 is 1.44 bits per heavy atom. The Labute approximate surface area is 149 Å². The van der Waals surface area contributed by atoms with E-state index >= 15 is 0 Å². The van der Waals surface area contributed by atoms with Crippen LogP contribution in [0.4, 0.5) is 0 Å². The van der Waals surface area contributed by atoms with E-state index in [0.717, 1.165) is 26.3 Å². The maximum atomic E-state index is 6.04. The third kappa shape index (κ3) is 3.86. The Hall–Kier alpha value is -0.320. The van der Waals surface area contributed by atoms with Gasteiger partial charge in [-0.15, -0.1) is 0 Å². The van der Waals surface area contributed by atoms with Gasteiger partial charge in [0, 0.05) is 13.1 Å². The number of hydrogen-bond donors (Lipinski definition) is 0. The zero-order valence-corrected chi connectivity index (χ0v) is 15.2. The van der Waals surface area contributed by atoms with Crippen LogP contribution in [-0.2, 0) is 28.4 Å². The highest BCUT2D eigenvalue weighted by Gasteiger charge is 2.46. The van der Waals surface area contributed by atoms with Gasteiger partial charge < -0.3 is 28.4 Å². The zero-order chi connectivity index (χ0) is 17.3. The van der Waals surface area contributed by atoms with Crippen LogP contribution in [0.2, 0.25) is 0 Å². The lowest BCUT2D eigenvalue weighted by atomic mass is 9.90. The summed E-state index contributed by atoms with van der Waals surface area (Å²) in [6, 6.07) is 0.301. The molecule has 2 unspecified atom stereocenters. The van der Waals surface area contributed by atoms with E-state index in [0.29, 0.717) is 39.6 Å². The Bertz CT molecular complexity index is 393. The van der Waals surface area contributed by atoms with E-state index in [-0.39, 0.29) is 30.1 Å². The monoisotopic (exact) mass is 358 g/mol. The van der Waals surface area contributed by atoms with Crippen LogP contribution >= 0.6 is 0 Å². The topological polar surface area (TPSA) is 61.9 Å². The number of hydrogen-bond acceptors (Lipinski definition) is 8. The van der Waals surface area contributed by atoms with Crippen LogP contribution < -0.4 is 0 Å². The molecule has 4 saturated heterocycles. The van der Waals surface area contributed by atoms with E-state index in [4.69, 9.17) is 28.4 Å². The van der Waals surface area contributed by atoms with Gasteiger partial charge in [0.25, 0.3) is 0 Å². The lowest BCUT2D eigenvalue weighted by molar-refractivity contribution is -0.324. The third-order valence-corrected chi connectivity index (χ3v) is 5.73. The summed E-state index contributed by atoms with van der Waals surface area (Å²) in [7, 11) is 4.18. The highest BCUT2D eigenvalue weighted by Crippen LogP contribution is 2.33. The van der Waals surface area contributed by atoms with Crippen LogP contribution in [0, 0.1) is 5.41 Å². The first-order chi connectivity index (χ1) is 12.2. The summed E-state index contributed by atoms with van der Waals surface area (Å²) in [4.78, 5) is 4.49. The molecule has 4 rings (SSSR count). The van der Waals surface area contributed by atoms with Gasteiger partial charge in [-0.2, -0.15) is 0 Å². The largest absolute Gasteiger partial charge is 0.378 e. The zero-order valence-electron chi connectivity index (χ0n) is 15.2. The smallest absolute Gasteiger partial charge is 0.175 e. The molecule has 0 N–H and O–H groups in total. The number of ether oxygens (including phenoxy) is 6. The highest BCUT2D eigenvalue weighted by molar-refractivity contribution is 4.89. The van der Waals surface area contributed by atoms with Crippen LogP contribution in [0.3, 0.4) is 0 Å². The van der Waals surface area contributed by atoms with Crippen molar-refractivity contribution in [3.63, 3.8) is 0 Å². The molecule has 0 aliphatic carbocycles. The summed E-state index contributed by atoms with van der Waals surface area (Å²) in [6.07, 6.45) is -0.488. The van der Waals surface area contributed by atoms with Crippen molar-refractivity contribution in [3.05, 3.63) is 0 Å². The minimum atomic E-state index is -0.244. The van der Waals surface area contributed by atoms with E-state index in [2.05, 4.69) is 23.9 Å². The van der Waals surface area contributed by atoms with Crippen molar-refractivity contribution in [2.75, 3.05) is 80.0 Å². The number of morpholine rings is 2. The summed E-state index contributed by atoms with van der Waals surface area (Å²) >= 11 is 0. The average molecular weight is 358 g/mol. The molecule has 0 saturated carbocycles. The number of likely N-dealkylation sites (N-methyl/N-ethyl adjacent to an activating group) is 2. The molecule has 4 heterocycles. The molecule has 1 spiro atoms. The molecule has 4 aliphatic heterocycles. The van der Waals surface area contributed by atoms with E-state index in [1.807, 2.05) is 0 Å². The van der Waals surface area contributed by atoms with Crippen molar-refractivity contribution in [1.29, 1.82) is 0 Å². The summed E-state index contributed by atoms with van der Waals surface area (Å²) in [6.45, 7) is 7.01. The lowest BCUT2D eigenvalue weighted by Crippen LogP contribution is -2.60. The van der Waals surface area contributed by atoms with Crippen molar-refractivity contribution in [1.82, 2.24) is 9.80 Å². The molecule has 0 aromatic carbocycles. The van der Waals surface area contributed by atoms with Gasteiger partial charge in [0.2, 0.25) is 0 Å². The first-order valence-electron chi connectivity index (χ1n) is 9.19. The standard InChI is InChI=1S/C17H30N2O6/c1-18-3-5-20-7-13(18)15-22-9-17(10-23-15)11-24-16(25-12-17)14-8-21-6-4-19(14)2/h13-16H,3-12H2,1-2H3. The molecule has 0 radical (unpaired) electrons. The van der Waals surface area contributed by atoms with Gasteiger partial charge in [0.05, 0.1) is 70.4 Å². The Morgan fingerprint density at radius 2 is 1.08 bits per heavy atom. The highest BCUT2D eigenvalue weighted by atomic mass is 16.7. The van der Waals surface area contributed by atoms with Crippen molar-refractivity contribution >= 4 is 0 Å². The van der Waals surface area contributed by atoms with Gasteiger partial charge in [-0.3, -0.25) is 9.80 Å². The fourth-order valence-corrected chi connectivity index (χ4v) is 3.81. The minimum Gasteiger partial charge on any atom is -0.378 e. The minimum absolute atomic E-state index is 0.150. The molecule has 2 atom stereocenters. The van der Waals surface area contributed by atoms with E-state index in [1.165, 1.54) is 0 Å². The quantitative estimate of drug-likeness (QED) is 0.647. The van der Waals surface area contributed by atoms with Gasteiger partial charge >= 0.3 is 0 Å². The molecule has 0 amide bonds. The second-order valence-electron chi connectivity index (χ2n) is 7.73. The molecule has 0 aromatic heterocycles. The molecule has 0 bridgehead atoms. The second kappa shape index (κ2) is 7.74. The van der Waals surface area contributed by atoms with Crippen LogP contribution in [0.25, 0.3) is 0 Å². The van der Waals surface area contributed by atoms with Crippen molar-refractivity contribution in [3.8, 4) is 0 Å². The Morgan fingerprint density at radius 1 is 0.680 bits per heavy atom. The van der Waals surface area contributed by atoms with Gasteiger partial charge in [-0.05, 0) is 14.1 Å². The van der Waals surface area contributed by atoms with Gasteiger partial charge in [0.1, 0.15) is 0 Å². The summed E-state index contributed by atoms with van der Waals surface area (Å²) < 4.78 is 35.3. The van der Waals surface area contributed by atoms with Gasteiger partial charge in [0.15, 0.2) is 12.6 Å². The normalized spacial score (nSPS) is 44.9. The van der Waals surface area contributed by atoms with Crippen molar-refractivity contribution in [2.24, 2.45) is 5.41 Å². The first-order valence-corrected chi connectivity index (χ1v) is 9.19. The second-order valence-corrected chi connectivity index (χ2v) is 7.73. The van der Waals surface area contributed by atoms with Gasteiger partial charge in [-0.25, -0.2) is 0 Å². The Kier molecular flexibility index (Phi) is 5.59. The molecule has 25 heavy (non-hydrogen) atoms. The molecule has 144 valence electrons. The SMILES string of the molecule is CN1CCOCC1C1OCC2(CO1)COC(C1COCCN1C)OC2. The average Bonchev–Trinajstić information content (AvgIpc) is 2.65. The van der Waals surface area contributed by atoms with E-state index < -0.39 is 0 Å². The van der Waals surface area contributed by atoms with E-state index in [1.54, 1.807) is 0 Å². The summed E-state index contributed by atoms with van der Waals surface area (Å²) in [5.74, 6) is 0.